The van der Waals surface area contributed by atoms with Gasteiger partial charge in [-0.15, -0.1) is 0 Å². The van der Waals surface area contributed by atoms with E-state index in [9.17, 15) is 5.11 Å². The van der Waals surface area contributed by atoms with Gasteiger partial charge in [0.15, 0.2) is 0 Å². The summed E-state index contributed by atoms with van der Waals surface area (Å²) < 4.78 is 0. The molecule has 0 aromatic rings. The van der Waals surface area contributed by atoms with Gasteiger partial charge in [0.05, 0.1) is 6.10 Å². The Balaban J connectivity index is 2.25. The van der Waals surface area contributed by atoms with Crippen molar-refractivity contribution >= 4 is 0 Å². The first-order valence-electron chi connectivity index (χ1n) is 4.49. The molecular formula is C9H18O2. The molecule has 0 aliphatic heterocycles. The third kappa shape index (κ3) is 1.94. The molecule has 1 aliphatic rings. The summed E-state index contributed by atoms with van der Waals surface area (Å²) in [5.41, 5.74) is 0. The van der Waals surface area contributed by atoms with Crippen molar-refractivity contribution in [2.75, 3.05) is 6.61 Å². The highest BCUT2D eigenvalue weighted by Crippen LogP contribution is 2.46. The Morgan fingerprint density at radius 3 is 2.55 bits per heavy atom. The van der Waals surface area contributed by atoms with E-state index in [4.69, 9.17) is 5.11 Å². The first-order valence-corrected chi connectivity index (χ1v) is 4.49. The molecule has 0 aromatic heterocycles. The standard InChI is InChI=1S/C9H18O2/c1-3-9(11)8-4-7(8)6(2)5-10/h6-11H,3-5H2,1-2H3/t6-,7-,8-,9+/m0/s1. The highest BCUT2D eigenvalue weighted by atomic mass is 16.3. The molecule has 0 heterocycles. The first kappa shape index (κ1) is 9.01. The van der Waals surface area contributed by atoms with E-state index < -0.39 is 0 Å². The summed E-state index contributed by atoms with van der Waals surface area (Å²) in [6.07, 6.45) is 1.82. The number of hydrogen-bond donors (Lipinski definition) is 2. The Bertz CT molecular complexity index is 111. The van der Waals surface area contributed by atoms with Gasteiger partial charge in [-0.2, -0.15) is 0 Å². The lowest BCUT2D eigenvalue weighted by molar-refractivity contribution is 0.128. The van der Waals surface area contributed by atoms with Crippen molar-refractivity contribution in [2.45, 2.75) is 32.8 Å². The van der Waals surface area contributed by atoms with E-state index in [1.165, 1.54) is 0 Å². The van der Waals surface area contributed by atoms with Gasteiger partial charge in [0, 0.05) is 6.61 Å². The molecule has 0 aromatic carbocycles. The Morgan fingerprint density at radius 1 is 1.45 bits per heavy atom. The highest BCUT2D eigenvalue weighted by Gasteiger charge is 2.44. The number of rotatable bonds is 4. The molecule has 66 valence electrons. The lowest BCUT2D eigenvalue weighted by Gasteiger charge is -2.09. The van der Waals surface area contributed by atoms with Crippen molar-refractivity contribution in [3.05, 3.63) is 0 Å². The number of aliphatic hydroxyl groups excluding tert-OH is 2. The fourth-order valence-corrected chi connectivity index (χ4v) is 1.77. The summed E-state index contributed by atoms with van der Waals surface area (Å²) in [7, 11) is 0. The summed E-state index contributed by atoms with van der Waals surface area (Å²) in [6, 6.07) is 0. The third-order valence-electron chi connectivity index (χ3n) is 2.82. The minimum absolute atomic E-state index is 0.131. The lowest BCUT2D eigenvalue weighted by Crippen LogP contribution is -2.13. The van der Waals surface area contributed by atoms with Crippen LogP contribution in [0.5, 0.6) is 0 Å². The summed E-state index contributed by atoms with van der Waals surface area (Å²) in [5, 5.41) is 18.3. The average Bonchev–Trinajstić information content (AvgIpc) is 2.80. The molecule has 0 saturated heterocycles. The molecule has 0 bridgehead atoms. The van der Waals surface area contributed by atoms with E-state index in [0.29, 0.717) is 17.8 Å². The monoisotopic (exact) mass is 158 g/mol. The van der Waals surface area contributed by atoms with Crippen LogP contribution in [0.1, 0.15) is 26.7 Å². The van der Waals surface area contributed by atoms with E-state index >= 15 is 0 Å². The number of hydrogen-bond acceptors (Lipinski definition) is 2. The van der Waals surface area contributed by atoms with Gasteiger partial charge >= 0.3 is 0 Å². The molecule has 4 atom stereocenters. The molecule has 11 heavy (non-hydrogen) atoms. The van der Waals surface area contributed by atoms with E-state index in [1.54, 1.807) is 0 Å². The molecule has 2 nitrogen and oxygen atoms in total. The van der Waals surface area contributed by atoms with Gasteiger partial charge in [-0.1, -0.05) is 13.8 Å². The predicted octanol–water partition coefficient (Wildman–Crippen LogP) is 1.02. The van der Waals surface area contributed by atoms with Gasteiger partial charge in [0.2, 0.25) is 0 Å². The van der Waals surface area contributed by atoms with Crippen LogP contribution in [0.2, 0.25) is 0 Å². The quantitative estimate of drug-likeness (QED) is 0.641. The molecule has 0 spiro atoms. The average molecular weight is 158 g/mol. The van der Waals surface area contributed by atoms with Gasteiger partial charge in [0.1, 0.15) is 0 Å². The minimum Gasteiger partial charge on any atom is -0.396 e. The first-order chi connectivity index (χ1) is 5.20. The molecule has 1 aliphatic carbocycles. The van der Waals surface area contributed by atoms with Crippen molar-refractivity contribution in [1.29, 1.82) is 0 Å². The SMILES string of the molecule is CC[C@@H](O)[C@H]1C[C@H]1[C@@H](C)CO. The molecule has 2 heteroatoms. The topological polar surface area (TPSA) is 40.5 Å². The van der Waals surface area contributed by atoms with E-state index in [0.717, 1.165) is 12.8 Å². The van der Waals surface area contributed by atoms with Crippen molar-refractivity contribution < 1.29 is 10.2 Å². The van der Waals surface area contributed by atoms with Gasteiger partial charge in [-0.3, -0.25) is 0 Å². The van der Waals surface area contributed by atoms with Crippen LogP contribution in [0.15, 0.2) is 0 Å². The van der Waals surface area contributed by atoms with Crippen LogP contribution in [0.3, 0.4) is 0 Å². The van der Waals surface area contributed by atoms with Gasteiger partial charge in [-0.25, -0.2) is 0 Å². The molecule has 1 rings (SSSR count). The normalized spacial score (nSPS) is 34.9. The van der Waals surface area contributed by atoms with Gasteiger partial charge in [-0.05, 0) is 30.6 Å². The Morgan fingerprint density at radius 2 is 2.09 bits per heavy atom. The number of aliphatic hydroxyl groups is 2. The molecule has 1 saturated carbocycles. The van der Waals surface area contributed by atoms with Crippen molar-refractivity contribution in [3.8, 4) is 0 Å². The molecule has 1 fully saturated rings. The molecule has 2 N–H and O–H groups in total. The fourth-order valence-electron chi connectivity index (χ4n) is 1.77. The summed E-state index contributed by atoms with van der Waals surface area (Å²) in [4.78, 5) is 0. The molecule has 0 radical (unpaired) electrons. The molecular weight excluding hydrogens is 140 g/mol. The van der Waals surface area contributed by atoms with Crippen LogP contribution >= 0.6 is 0 Å². The summed E-state index contributed by atoms with van der Waals surface area (Å²) in [6.45, 7) is 4.31. The Hall–Kier alpha value is -0.0800. The second-order valence-corrected chi connectivity index (χ2v) is 3.70. The minimum atomic E-state index is -0.131. The highest BCUT2D eigenvalue weighted by molar-refractivity contribution is 4.93. The van der Waals surface area contributed by atoms with Gasteiger partial charge in [0.25, 0.3) is 0 Å². The Kier molecular flexibility index (Phi) is 2.90. The zero-order chi connectivity index (χ0) is 8.43. The molecule has 0 amide bonds. The van der Waals surface area contributed by atoms with Crippen LogP contribution < -0.4 is 0 Å². The predicted molar refractivity (Wildman–Crippen MR) is 44.1 cm³/mol. The maximum atomic E-state index is 9.43. The van der Waals surface area contributed by atoms with Crippen LogP contribution in [0, 0.1) is 17.8 Å². The molecule has 0 unspecified atom stereocenters. The van der Waals surface area contributed by atoms with Crippen LogP contribution in [-0.4, -0.2) is 22.9 Å². The largest absolute Gasteiger partial charge is 0.396 e. The van der Waals surface area contributed by atoms with E-state index in [1.807, 2.05) is 13.8 Å². The third-order valence-corrected chi connectivity index (χ3v) is 2.82. The van der Waals surface area contributed by atoms with Crippen LogP contribution in [0.25, 0.3) is 0 Å². The summed E-state index contributed by atoms with van der Waals surface area (Å²) >= 11 is 0. The van der Waals surface area contributed by atoms with Crippen molar-refractivity contribution in [3.63, 3.8) is 0 Å². The fraction of sp³-hybridized carbons (Fsp3) is 1.00. The van der Waals surface area contributed by atoms with E-state index in [-0.39, 0.29) is 12.7 Å². The zero-order valence-corrected chi connectivity index (χ0v) is 7.33. The van der Waals surface area contributed by atoms with Crippen molar-refractivity contribution in [1.82, 2.24) is 0 Å². The Labute approximate surface area is 68.2 Å². The smallest absolute Gasteiger partial charge is 0.0568 e. The van der Waals surface area contributed by atoms with Gasteiger partial charge < -0.3 is 10.2 Å². The second kappa shape index (κ2) is 3.55. The van der Waals surface area contributed by atoms with Crippen LogP contribution in [0.4, 0.5) is 0 Å². The lowest BCUT2D eigenvalue weighted by atomic mass is 10.0. The zero-order valence-electron chi connectivity index (χ0n) is 7.33. The summed E-state index contributed by atoms with van der Waals surface area (Å²) in [5.74, 6) is 1.43. The maximum absolute atomic E-state index is 9.43. The van der Waals surface area contributed by atoms with Crippen LogP contribution in [-0.2, 0) is 0 Å². The van der Waals surface area contributed by atoms with Crippen molar-refractivity contribution in [2.24, 2.45) is 17.8 Å². The second-order valence-electron chi connectivity index (χ2n) is 3.70. The van der Waals surface area contributed by atoms with E-state index in [2.05, 4.69) is 0 Å². The maximum Gasteiger partial charge on any atom is 0.0568 e.